The van der Waals surface area contributed by atoms with Crippen molar-refractivity contribution >= 4 is 0 Å². The first-order chi connectivity index (χ1) is 10.2. The van der Waals surface area contributed by atoms with Crippen molar-refractivity contribution in [2.45, 2.75) is 70.3 Å². The number of rotatable bonds is 4. The Bertz CT molecular complexity index is 498. The van der Waals surface area contributed by atoms with E-state index in [1.165, 1.54) is 0 Å². The van der Waals surface area contributed by atoms with E-state index in [2.05, 4.69) is 5.32 Å². The highest BCUT2D eigenvalue weighted by Crippen LogP contribution is 2.34. The summed E-state index contributed by atoms with van der Waals surface area (Å²) < 4.78 is 5.97. The van der Waals surface area contributed by atoms with Crippen LogP contribution in [0.2, 0.25) is 0 Å². The van der Waals surface area contributed by atoms with Crippen LogP contribution in [0.1, 0.15) is 44.9 Å². The van der Waals surface area contributed by atoms with Gasteiger partial charge in [0, 0.05) is 12.0 Å². The van der Waals surface area contributed by atoms with Gasteiger partial charge in [-0.2, -0.15) is 0 Å². The van der Waals surface area contributed by atoms with Gasteiger partial charge in [0.15, 0.2) is 0 Å². The highest BCUT2D eigenvalue weighted by atomic mass is 16.5. The molecule has 5 nitrogen and oxygen atoms in total. The van der Waals surface area contributed by atoms with E-state index in [1.807, 2.05) is 45.0 Å². The molecule has 2 rings (SSSR count). The van der Waals surface area contributed by atoms with Gasteiger partial charge in [0.25, 0.3) is 0 Å². The third-order valence-corrected chi connectivity index (χ3v) is 3.80. The Morgan fingerprint density at radius 3 is 2.45 bits per heavy atom. The molecule has 0 aliphatic heterocycles. The second-order valence-corrected chi connectivity index (χ2v) is 7.07. The molecular weight excluding hydrogens is 282 g/mol. The Labute approximate surface area is 131 Å². The van der Waals surface area contributed by atoms with E-state index >= 15 is 0 Å². The van der Waals surface area contributed by atoms with Crippen molar-refractivity contribution in [2.24, 2.45) is 0 Å². The van der Waals surface area contributed by atoms with E-state index in [4.69, 9.17) is 4.74 Å². The van der Waals surface area contributed by atoms with E-state index in [-0.39, 0.29) is 5.54 Å². The van der Waals surface area contributed by atoms with Gasteiger partial charge in [-0.1, -0.05) is 24.3 Å². The van der Waals surface area contributed by atoms with Crippen molar-refractivity contribution in [3.8, 4) is 0 Å². The van der Waals surface area contributed by atoms with Crippen molar-refractivity contribution in [3.63, 3.8) is 0 Å². The van der Waals surface area contributed by atoms with E-state index in [0.29, 0.717) is 6.42 Å². The minimum Gasteiger partial charge on any atom is -0.390 e. The van der Waals surface area contributed by atoms with Gasteiger partial charge in [0.2, 0.25) is 0 Å². The third kappa shape index (κ3) is 4.06. The number of fused-ring (bicyclic) bond motifs is 1. The van der Waals surface area contributed by atoms with Crippen LogP contribution in [-0.2, 0) is 11.2 Å². The first-order valence-corrected chi connectivity index (χ1v) is 7.74. The van der Waals surface area contributed by atoms with E-state index in [9.17, 15) is 15.3 Å². The lowest BCUT2D eigenvalue weighted by molar-refractivity contribution is -0.160. The summed E-state index contributed by atoms with van der Waals surface area (Å²) in [6.07, 6.45) is -3.55. The second-order valence-electron chi connectivity index (χ2n) is 7.07. The molecule has 0 saturated carbocycles. The monoisotopic (exact) mass is 309 g/mol. The standard InChI is InChI=1S/C17H27NO4/c1-10(19)16(18-17(2,3)4)22-15-12-8-6-5-7-11(12)9-13(20)14(15)21/h5-8,10,13-16,18-21H,9H2,1-4H3. The van der Waals surface area contributed by atoms with Crippen molar-refractivity contribution in [1.82, 2.24) is 5.32 Å². The molecule has 5 atom stereocenters. The predicted octanol–water partition coefficient (Wildman–Crippen LogP) is 1.12. The quantitative estimate of drug-likeness (QED) is 0.627. The zero-order valence-corrected chi connectivity index (χ0v) is 13.7. The third-order valence-electron chi connectivity index (χ3n) is 3.80. The van der Waals surface area contributed by atoms with Crippen LogP contribution in [-0.4, -0.2) is 45.4 Å². The van der Waals surface area contributed by atoms with Crippen molar-refractivity contribution in [3.05, 3.63) is 35.4 Å². The van der Waals surface area contributed by atoms with Crippen molar-refractivity contribution < 1.29 is 20.1 Å². The first-order valence-electron chi connectivity index (χ1n) is 7.74. The Morgan fingerprint density at radius 2 is 1.86 bits per heavy atom. The van der Waals surface area contributed by atoms with E-state index < -0.39 is 30.6 Å². The number of ether oxygens (including phenoxy) is 1. The van der Waals surface area contributed by atoms with Gasteiger partial charge in [0.05, 0.1) is 12.2 Å². The molecule has 5 heteroatoms. The smallest absolute Gasteiger partial charge is 0.135 e. The molecule has 0 saturated heterocycles. The molecule has 0 amide bonds. The Kier molecular flexibility index (Phi) is 5.25. The van der Waals surface area contributed by atoms with Gasteiger partial charge in [0.1, 0.15) is 18.4 Å². The van der Waals surface area contributed by atoms with Gasteiger partial charge in [-0.15, -0.1) is 0 Å². The maximum atomic E-state index is 10.3. The number of hydrogen-bond acceptors (Lipinski definition) is 5. The molecule has 124 valence electrons. The number of benzene rings is 1. The minimum atomic E-state index is -1.02. The Balaban J connectivity index is 2.25. The highest BCUT2D eigenvalue weighted by Gasteiger charge is 2.38. The van der Waals surface area contributed by atoms with Crippen LogP contribution in [0.5, 0.6) is 0 Å². The van der Waals surface area contributed by atoms with E-state index in [1.54, 1.807) is 6.92 Å². The van der Waals surface area contributed by atoms with E-state index in [0.717, 1.165) is 11.1 Å². The normalized spacial score (nSPS) is 28.0. The van der Waals surface area contributed by atoms with Crippen molar-refractivity contribution in [1.29, 1.82) is 0 Å². The fraction of sp³-hybridized carbons (Fsp3) is 0.647. The molecule has 0 aromatic heterocycles. The summed E-state index contributed by atoms with van der Waals surface area (Å²) in [5.41, 5.74) is 1.58. The largest absolute Gasteiger partial charge is 0.390 e. The number of hydrogen-bond donors (Lipinski definition) is 4. The van der Waals surface area contributed by atoms with Gasteiger partial charge in [-0.3, -0.25) is 5.32 Å². The lowest BCUT2D eigenvalue weighted by Crippen LogP contribution is -2.52. The average Bonchev–Trinajstić information content (AvgIpc) is 2.41. The average molecular weight is 309 g/mol. The summed E-state index contributed by atoms with van der Waals surface area (Å²) in [7, 11) is 0. The van der Waals surface area contributed by atoms with Crippen LogP contribution >= 0.6 is 0 Å². The summed E-state index contributed by atoms with van der Waals surface area (Å²) >= 11 is 0. The summed E-state index contributed by atoms with van der Waals surface area (Å²) in [6.45, 7) is 7.57. The molecule has 0 spiro atoms. The molecule has 0 fully saturated rings. The summed E-state index contributed by atoms with van der Waals surface area (Å²) in [5, 5.41) is 33.6. The number of nitrogens with one attached hydrogen (secondary N) is 1. The fourth-order valence-electron chi connectivity index (χ4n) is 2.74. The number of aliphatic hydroxyl groups excluding tert-OH is 3. The van der Waals surface area contributed by atoms with Crippen LogP contribution in [0.25, 0.3) is 0 Å². The predicted molar refractivity (Wildman–Crippen MR) is 84.3 cm³/mol. The fourth-order valence-corrected chi connectivity index (χ4v) is 2.74. The van der Waals surface area contributed by atoms with Crippen molar-refractivity contribution in [2.75, 3.05) is 0 Å². The van der Waals surface area contributed by atoms with Crippen LogP contribution in [0.3, 0.4) is 0 Å². The van der Waals surface area contributed by atoms with Gasteiger partial charge in [-0.25, -0.2) is 0 Å². The highest BCUT2D eigenvalue weighted by molar-refractivity contribution is 5.33. The molecule has 0 heterocycles. The topological polar surface area (TPSA) is 82.0 Å². The summed E-state index contributed by atoms with van der Waals surface area (Å²) in [4.78, 5) is 0. The van der Waals surface area contributed by atoms with Gasteiger partial charge < -0.3 is 20.1 Å². The molecule has 5 unspecified atom stereocenters. The molecule has 0 radical (unpaired) electrons. The second kappa shape index (κ2) is 6.64. The molecule has 0 bridgehead atoms. The molecule has 1 aromatic rings. The molecular formula is C17H27NO4. The number of aliphatic hydroxyl groups is 3. The van der Waals surface area contributed by atoms with Crippen LogP contribution < -0.4 is 5.32 Å². The van der Waals surface area contributed by atoms with Crippen LogP contribution in [0.15, 0.2) is 24.3 Å². The zero-order valence-electron chi connectivity index (χ0n) is 13.7. The maximum absolute atomic E-state index is 10.3. The molecule has 1 aliphatic rings. The Hall–Kier alpha value is -0.980. The first kappa shape index (κ1) is 17.4. The minimum absolute atomic E-state index is 0.251. The van der Waals surface area contributed by atoms with Gasteiger partial charge in [-0.05, 0) is 38.8 Å². The Morgan fingerprint density at radius 1 is 1.23 bits per heavy atom. The molecule has 4 N–H and O–H groups in total. The van der Waals surface area contributed by atoms with Crippen LogP contribution in [0, 0.1) is 0 Å². The zero-order chi connectivity index (χ0) is 16.5. The lowest BCUT2D eigenvalue weighted by atomic mass is 9.85. The van der Waals surface area contributed by atoms with Gasteiger partial charge >= 0.3 is 0 Å². The lowest BCUT2D eigenvalue weighted by Gasteiger charge is -2.38. The maximum Gasteiger partial charge on any atom is 0.135 e. The molecule has 1 aromatic carbocycles. The summed E-state index contributed by atoms with van der Waals surface area (Å²) in [5.74, 6) is 0. The SMILES string of the molecule is CC(O)C(NC(C)(C)C)OC1c2ccccc2CC(O)C1O. The van der Waals surface area contributed by atoms with Crippen LogP contribution in [0.4, 0.5) is 0 Å². The molecule has 22 heavy (non-hydrogen) atoms. The summed E-state index contributed by atoms with van der Waals surface area (Å²) in [6, 6.07) is 7.61. The molecule has 1 aliphatic carbocycles.